The molecular formula is C30H45FN4O6. The van der Waals surface area contributed by atoms with Gasteiger partial charge in [0.2, 0.25) is 0 Å². The number of benzene rings is 1. The van der Waals surface area contributed by atoms with Crippen LogP contribution in [0.2, 0.25) is 0 Å². The van der Waals surface area contributed by atoms with Crippen LogP contribution in [0.15, 0.2) is 22.7 Å². The predicted molar refractivity (Wildman–Crippen MR) is 153 cm³/mol. The van der Waals surface area contributed by atoms with Crippen molar-refractivity contribution >= 4 is 18.1 Å². The maximum absolute atomic E-state index is 15.1. The highest BCUT2D eigenvalue weighted by Crippen LogP contribution is 2.31. The predicted octanol–water partition coefficient (Wildman–Crippen LogP) is 5.82. The molecule has 3 rings (SSSR count). The number of methoxy groups -OCH3 is 1. The number of nitrogens with one attached hydrogen (secondary N) is 1. The second kappa shape index (κ2) is 14.0. The summed E-state index contributed by atoms with van der Waals surface area (Å²) in [5, 5.41) is 6.58. The zero-order valence-corrected chi connectivity index (χ0v) is 25.5. The summed E-state index contributed by atoms with van der Waals surface area (Å²) in [4.78, 5) is 31.4. The minimum atomic E-state index is -1.12. The lowest BCUT2D eigenvalue weighted by Crippen LogP contribution is -2.46. The van der Waals surface area contributed by atoms with E-state index in [0.29, 0.717) is 30.2 Å². The fourth-order valence-corrected chi connectivity index (χ4v) is 4.94. The Balaban J connectivity index is 1.50. The molecular weight excluding hydrogens is 531 g/mol. The molecule has 0 aliphatic carbocycles. The van der Waals surface area contributed by atoms with Gasteiger partial charge >= 0.3 is 18.1 Å². The summed E-state index contributed by atoms with van der Waals surface area (Å²) < 4.78 is 36.6. The molecule has 10 nitrogen and oxygen atoms in total. The molecule has 0 radical (unpaired) electrons. The number of carbonyl (C=O) groups excluding carboxylic acids is 2. The van der Waals surface area contributed by atoms with Crippen molar-refractivity contribution in [2.45, 2.75) is 91.2 Å². The van der Waals surface area contributed by atoms with E-state index in [4.69, 9.17) is 18.7 Å². The Labute approximate surface area is 242 Å². The number of piperidine rings is 1. The first-order chi connectivity index (χ1) is 19.3. The Morgan fingerprint density at radius 1 is 1.17 bits per heavy atom. The number of aromatic nitrogens is 2. The number of ether oxygens (including phenoxy) is 3. The molecule has 2 aromatic rings. The third-order valence-electron chi connectivity index (χ3n) is 7.49. The van der Waals surface area contributed by atoms with Crippen LogP contribution in [0.1, 0.15) is 91.0 Å². The topological polar surface area (TPSA) is 116 Å². The summed E-state index contributed by atoms with van der Waals surface area (Å²) in [5.41, 5.74) is -0.495. The van der Waals surface area contributed by atoms with Gasteiger partial charge in [0.05, 0.1) is 13.7 Å². The van der Waals surface area contributed by atoms with Crippen LogP contribution in [-0.2, 0) is 14.3 Å². The van der Waals surface area contributed by atoms with Gasteiger partial charge in [-0.1, -0.05) is 38.9 Å². The highest BCUT2D eigenvalue weighted by Gasteiger charge is 2.32. The molecule has 0 bridgehead atoms. The molecule has 11 heteroatoms. The normalized spacial score (nSPS) is 16.7. The molecule has 1 fully saturated rings. The standard InChI is InChI=1S/C30H45FN4O6/c1-18(2)26-33-28(41-34-26)35-14-11-21(12-15-35)19(3)13-16-39-22-9-10-23(24(31)17-22)20(4)25(27(36)38-8)32-29(37)40-30(5,6)7/h9-10,17-21,25H,11-16H2,1-8H3,(H,32,37)/t19-,20+,25+/m1/s1. The first kappa shape index (κ1) is 32.1. The summed E-state index contributed by atoms with van der Waals surface area (Å²) in [6, 6.07) is 4.04. The van der Waals surface area contributed by atoms with Crippen molar-refractivity contribution in [2.24, 2.45) is 11.8 Å². The van der Waals surface area contributed by atoms with Crippen LogP contribution >= 0.6 is 0 Å². The zero-order valence-electron chi connectivity index (χ0n) is 25.5. The molecule has 1 amide bonds. The van der Waals surface area contributed by atoms with Gasteiger partial charge in [0.15, 0.2) is 5.82 Å². The smallest absolute Gasteiger partial charge is 0.408 e. The van der Waals surface area contributed by atoms with Gasteiger partial charge < -0.3 is 29.0 Å². The van der Waals surface area contributed by atoms with Gasteiger partial charge in [-0.2, -0.15) is 4.98 Å². The van der Waals surface area contributed by atoms with E-state index in [1.54, 1.807) is 39.8 Å². The third-order valence-corrected chi connectivity index (χ3v) is 7.49. The Bertz CT molecular complexity index is 1160. The molecule has 3 atom stereocenters. The van der Waals surface area contributed by atoms with Crippen molar-refractivity contribution in [1.82, 2.24) is 15.5 Å². The Hall–Kier alpha value is -3.37. The van der Waals surface area contributed by atoms with Gasteiger partial charge in [0, 0.05) is 31.0 Å². The summed E-state index contributed by atoms with van der Waals surface area (Å²) in [5.74, 6) is 0.428. The Kier molecular flexibility index (Phi) is 11.0. The number of halogens is 1. The number of hydrogen-bond acceptors (Lipinski definition) is 9. The molecule has 0 spiro atoms. The molecule has 1 aromatic heterocycles. The van der Waals surface area contributed by atoms with Crippen molar-refractivity contribution in [3.8, 4) is 5.75 Å². The second-order valence-electron chi connectivity index (χ2n) is 12.1. The number of amides is 1. The molecule has 1 aromatic carbocycles. The molecule has 0 unspecified atom stereocenters. The van der Waals surface area contributed by atoms with E-state index in [9.17, 15) is 9.59 Å². The van der Waals surface area contributed by atoms with Crippen molar-refractivity contribution in [1.29, 1.82) is 0 Å². The molecule has 1 aliphatic rings. The Morgan fingerprint density at radius 3 is 2.41 bits per heavy atom. The highest BCUT2D eigenvalue weighted by atomic mass is 19.1. The minimum absolute atomic E-state index is 0.232. The monoisotopic (exact) mass is 576 g/mol. The van der Waals surface area contributed by atoms with Crippen LogP contribution in [0.5, 0.6) is 5.75 Å². The van der Waals surface area contributed by atoms with Crippen LogP contribution in [-0.4, -0.2) is 60.7 Å². The summed E-state index contributed by atoms with van der Waals surface area (Å²) in [6.45, 7) is 15.3. The van der Waals surface area contributed by atoms with Gasteiger partial charge in [-0.25, -0.2) is 14.0 Å². The van der Waals surface area contributed by atoms with Gasteiger partial charge in [0.1, 0.15) is 23.2 Å². The van der Waals surface area contributed by atoms with E-state index >= 15 is 4.39 Å². The van der Waals surface area contributed by atoms with E-state index in [-0.39, 0.29) is 11.5 Å². The average molecular weight is 577 g/mol. The molecule has 1 aliphatic heterocycles. The molecule has 41 heavy (non-hydrogen) atoms. The van der Waals surface area contributed by atoms with Crippen molar-refractivity contribution < 1.29 is 32.7 Å². The minimum Gasteiger partial charge on any atom is -0.493 e. The quantitative estimate of drug-likeness (QED) is 0.330. The Morgan fingerprint density at radius 2 is 1.85 bits per heavy atom. The van der Waals surface area contributed by atoms with Gasteiger partial charge in [-0.3, -0.25) is 0 Å². The lowest BCUT2D eigenvalue weighted by atomic mass is 9.84. The molecule has 1 N–H and O–H groups in total. The molecule has 0 saturated carbocycles. The van der Waals surface area contributed by atoms with E-state index in [1.807, 2.05) is 13.8 Å². The zero-order chi connectivity index (χ0) is 30.3. The van der Waals surface area contributed by atoms with Crippen molar-refractivity contribution in [2.75, 3.05) is 31.7 Å². The molecule has 1 saturated heterocycles. The third kappa shape index (κ3) is 9.06. The summed E-state index contributed by atoms with van der Waals surface area (Å²) >= 11 is 0. The summed E-state index contributed by atoms with van der Waals surface area (Å²) in [7, 11) is 1.21. The fourth-order valence-electron chi connectivity index (χ4n) is 4.94. The lowest BCUT2D eigenvalue weighted by molar-refractivity contribution is -0.143. The number of carbonyl (C=O) groups is 2. The maximum Gasteiger partial charge on any atom is 0.408 e. The largest absolute Gasteiger partial charge is 0.493 e. The van der Waals surface area contributed by atoms with E-state index in [1.165, 1.54) is 13.2 Å². The first-order valence-electron chi connectivity index (χ1n) is 14.4. The average Bonchev–Trinajstić information content (AvgIpc) is 3.41. The number of anilines is 1. The maximum atomic E-state index is 15.1. The van der Waals surface area contributed by atoms with E-state index < -0.39 is 35.4 Å². The van der Waals surface area contributed by atoms with Crippen LogP contribution in [0.3, 0.4) is 0 Å². The van der Waals surface area contributed by atoms with E-state index in [2.05, 4.69) is 27.3 Å². The van der Waals surface area contributed by atoms with Gasteiger partial charge in [-0.15, -0.1) is 0 Å². The van der Waals surface area contributed by atoms with Crippen LogP contribution in [0, 0.1) is 17.7 Å². The van der Waals surface area contributed by atoms with Crippen LogP contribution < -0.4 is 15.0 Å². The SMILES string of the molecule is COC(=O)[C@@H](NC(=O)OC(C)(C)C)[C@@H](C)c1ccc(OCC[C@@H](C)C2CCN(c3nc(C(C)C)no3)CC2)cc1F. The first-order valence-corrected chi connectivity index (χ1v) is 14.4. The lowest BCUT2D eigenvalue weighted by Gasteiger charge is -2.33. The summed E-state index contributed by atoms with van der Waals surface area (Å²) in [6.07, 6.45) is 2.11. The highest BCUT2D eigenvalue weighted by molar-refractivity contribution is 5.82. The van der Waals surface area contributed by atoms with Crippen LogP contribution in [0.25, 0.3) is 0 Å². The van der Waals surface area contributed by atoms with E-state index in [0.717, 1.165) is 38.2 Å². The van der Waals surface area contributed by atoms with Gasteiger partial charge in [0.25, 0.3) is 0 Å². The number of alkyl carbamates (subject to hydrolysis) is 1. The molecule has 2 heterocycles. The van der Waals surface area contributed by atoms with Crippen molar-refractivity contribution in [3.05, 3.63) is 35.4 Å². The van der Waals surface area contributed by atoms with Crippen molar-refractivity contribution in [3.63, 3.8) is 0 Å². The number of nitrogens with zero attached hydrogens (tertiary/aromatic N) is 3. The molecule has 228 valence electrons. The number of hydrogen-bond donors (Lipinski definition) is 1. The number of esters is 1. The van der Waals surface area contributed by atoms with Crippen LogP contribution in [0.4, 0.5) is 15.2 Å². The second-order valence-corrected chi connectivity index (χ2v) is 12.1. The fraction of sp³-hybridized carbons (Fsp3) is 0.667. The van der Waals surface area contributed by atoms with Gasteiger partial charge in [-0.05, 0) is 63.5 Å². The number of rotatable bonds is 11.